The van der Waals surface area contributed by atoms with Crippen molar-refractivity contribution in [2.75, 3.05) is 26.8 Å². The Balaban J connectivity index is 2.40. The molecule has 0 amide bonds. The van der Waals surface area contributed by atoms with Crippen LogP contribution < -0.4 is 10.1 Å². The Morgan fingerprint density at radius 1 is 1.41 bits per heavy atom. The third kappa shape index (κ3) is 4.78. The maximum atomic E-state index is 11.2. The van der Waals surface area contributed by atoms with Crippen LogP contribution in [-0.4, -0.2) is 42.7 Å². The van der Waals surface area contributed by atoms with Gasteiger partial charge in [0.2, 0.25) is 5.88 Å². The van der Waals surface area contributed by atoms with Crippen LogP contribution in [0.2, 0.25) is 0 Å². The van der Waals surface area contributed by atoms with Gasteiger partial charge in [-0.1, -0.05) is 6.92 Å². The van der Waals surface area contributed by atoms with Crippen molar-refractivity contribution in [3.8, 4) is 5.88 Å². The molecule has 0 atom stereocenters. The van der Waals surface area contributed by atoms with E-state index in [0.29, 0.717) is 12.5 Å². The van der Waals surface area contributed by atoms with Gasteiger partial charge in [0.25, 0.3) is 0 Å². The minimum absolute atomic E-state index is 0.145. The molecule has 1 aromatic heterocycles. The molecule has 0 saturated heterocycles. The first kappa shape index (κ1) is 13.4. The van der Waals surface area contributed by atoms with Crippen LogP contribution in [0, 0.1) is 0 Å². The molecule has 0 fully saturated rings. The fraction of sp³-hybridized carbons (Fsp3) is 0.545. The molecule has 17 heavy (non-hydrogen) atoms. The zero-order valence-corrected chi connectivity index (χ0v) is 10.1. The van der Waals surface area contributed by atoms with Gasteiger partial charge >= 0.3 is 5.97 Å². The number of carbonyl (C=O) groups is 1. The number of esters is 1. The Kier molecular flexibility index (Phi) is 5.95. The largest absolute Gasteiger partial charge is 0.475 e. The van der Waals surface area contributed by atoms with Crippen molar-refractivity contribution >= 4 is 5.97 Å². The maximum absolute atomic E-state index is 11.2. The molecule has 0 spiro atoms. The first-order chi connectivity index (χ1) is 8.27. The number of nitrogens with one attached hydrogen (secondary N) is 1. The van der Waals surface area contributed by atoms with Crippen LogP contribution in [0.5, 0.6) is 5.88 Å². The SMILES string of the molecule is CCCNCCOc1cncc(C(=O)OC)n1. The normalized spacial score (nSPS) is 10.0. The van der Waals surface area contributed by atoms with Crippen LogP contribution in [-0.2, 0) is 4.74 Å². The van der Waals surface area contributed by atoms with Crippen molar-refractivity contribution in [1.82, 2.24) is 15.3 Å². The van der Waals surface area contributed by atoms with E-state index >= 15 is 0 Å². The number of carbonyl (C=O) groups excluding carboxylic acids is 1. The summed E-state index contributed by atoms with van der Waals surface area (Å²) in [6.45, 7) is 4.27. The van der Waals surface area contributed by atoms with Crippen molar-refractivity contribution in [3.63, 3.8) is 0 Å². The van der Waals surface area contributed by atoms with Crippen LogP contribution in [0.15, 0.2) is 12.4 Å². The molecule has 0 aliphatic heterocycles. The highest BCUT2D eigenvalue weighted by Crippen LogP contribution is 2.05. The Bertz CT molecular complexity index is 358. The Morgan fingerprint density at radius 2 is 2.24 bits per heavy atom. The molecular weight excluding hydrogens is 222 g/mol. The zero-order chi connectivity index (χ0) is 12.5. The van der Waals surface area contributed by atoms with Gasteiger partial charge in [0.1, 0.15) is 6.61 Å². The average Bonchev–Trinajstić information content (AvgIpc) is 2.38. The molecule has 1 rings (SSSR count). The fourth-order valence-electron chi connectivity index (χ4n) is 1.15. The van der Waals surface area contributed by atoms with Gasteiger partial charge in [-0.15, -0.1) is 0 Å². The third-order valence-corrected chi connectivity index (χ3v) is 1.96. The predicted molar refractivity (Wildman–Crippen MR) is 62.0 cm³/mol. The van der Waals surface area contributed by atoms with Crippen LogP contribution >= 0.6 is 0 Å². The molecule has 1 heterocycles. The van der Waals surface area contributed by atoms with E-state index in [4.69, 9.17) is 4.74 Å². The molecule has 1 aromatic rings. The Morgan fingerprint density at radius 3 is 2.94 bits per heavy atom. The summed E-state index contributed by atoms with van der Waals surface area (Å²) in [7, 11) is 1.30. The lowest BCUT2D eigenvalue weighted by molar-refractivity contribution is 0.0592. The van der Waals surface area contributed by atoms with E-state index < -0.39 is 5.97 Å². The quantitative estimate of drug-likeness (QED) is 0.556. The summed E-state index contributed by atoms with van der Waals surface area (Å²) in [6.07, 6.45) is 3.89. The number of hydrogen-bond acceptors (Lipinski definition) is 6. The van der Waals surface area contributed by atoms with E-state index in [1.807, 2.05) is 0 Å². The lowest BCUT2D eigenvalue weighted by atomic mass is 10.4. The van der Waals surface area contributed by atoms with E-state index in [0.717, 1.165) is 19.5 Å². The number of aromatic nitrogens is 2. The molecule has 94 valence electrons. The molecule has 0 aromatic carbocycles. The van der Waals surface area contributed by atoms with Crippen molar-refractivity contribution in [1.29, 1.82) is 0 Å². The van der Waals surface area contributed by atoms with Crippen molar-refractivity contribution < 1.29 is 14.3 Å². The molecule has 0 radical (unpaired) electrons. The van der Waals surface area contributed by atoms with Crippen molar-refractivity contribution in [3.05, 3.63) is 18.1 Å². The van der Waals surface area contributed by atoms with E-state index in [2.05, 4.69) is 26.9 Å². The molecule has 0 saturated carbocycles. The lowest BCUT2D eigenvalue weighted by Gasteiger charge is -2.06. The van der Waals surface area contributed by atoms with Gasteiger partial charge < -0.3 is 14.8 Å². The Hall–Kier alpha value is -1.69. The van der Waals surface area contributed by atoms with Gasteiger partial charge in [0, 0.05) is 6.54 Å². The molecule has 0 unspecified atom stereocenters. The van der Waals surface area contributed by atoms with E-state index in [1.165, 1.54) is 19.5 Å². The van der Waals surface area contributed by atoms with Gasteiger partial charge in [0.15, 0.2) is 5.69 Å². The third-order valence-electron chi connectivity index (χ3n) is 1.96. The summed E-state index contributed by atoms with van der Waals surface area (Å²) < 4.78 is 9.88. The summed E-state index contributed by atoms with van der Waals surface area (Å²) in [4.78, 5) is 19.0. The highest BCUT2D eigenvalue weighted by Gasteiger charge is 2.08. The first-order valence-electron chi connectivity index (χ1n) is 5.51. The molecule has 0 aliphatic carbocycles. The van der Waals surface area contributed by atoms with Crippen molar-refractivity contribution in [2.24, 2.45) is 0 Å². The van der Waals surface area contributed by atoms with Gasteiger partial charge in [-0.25, -0.2) is 9.78 Å². The lowest BCUT2D eigenvalue weighted by Crippen LogP contribution is -2.22. The van der Waals surface area contributed by atoms with Gasteiger partial charge in [-0.2, -0.15) is 0 Å². The van der Waals surface area contributed by atoms with Gasteiger partial charge in [-0.05, 0) is 13.0 Å². The highest BCUT2D eigenvalue weighted by atomic mass is 16.5. The summed E-state index contributed by atoms with van der Waals surface area (Å²) in [5.41, 5.74) is 0.145. The summed E-state index contributed by atoms with van der Waals surface area (Å²) in [5, 5.41) is 3.19. The van der Waals surface area contributed by atoms with Crippen molar-refractivity contribution in [2.45, 2.75) is 13.3 Å². The fourth-order valence-corrected chi connectivity index (χ4v) is 1.15. The van der Waals surface area contributed by atoms with Crippen LogP contribution in [0.1, 0.15) is 23.8 Å². The number of rotatable bonds is 7. The van der Waals surface area contributed by atoms with Gasteiger partial charge in [0.05, 0.1) is 19.5 Å². The molecule has 0 bridgehead atoms. The van der Waals surface area contributed by atoms with E-state index in [-0.39, 0.29) is 5.69 Å². The Labute approximate surface area is 100 Å². The summed E-state index contributed by atoms with van der Waals surface area (Å²) >= 11 is 0. The zero-order valence-electron chi connectivity index (χ0n) is 10.1. The topological polar surface area (TPSA) is 73.3 Å². The number of nitrogens with zero attached hydrogens (tertiary/aromatic N) is 2. The van der Waals surface area contributed by atoms with Crippen LogP contribution in [0.25, 0.3) is 0 Å². The summed E-state index contributed by atoms with van der Waals surface area (Å²) in [5.74, 6) is -0.196. The maximum Gasteiger partial charge on any atom is 0.358 e. The highest BCUT2D eigenvalue weighted by molar-refractivity contribution is 5.86. The molecule has 6 heteroatoms. The van der Waals surface area contributed by atoms with E-state index in [1.54, 1.807) is 0 Å². The number of ether oxygens (including phenoxy) is 2. The average molecular weight is 239 g/mol. The standard InChI is InChI=1S/C11H17N3O3/c1-3-4-12-5-6-17-10-8-13-7-9(14-10)11(15)16-2/h7-8,12H,3-6H2,1-2H3. The summed E-state index contributed by atoms with van der Waals surface area (Å²) in [6, 6.07) is 0. The molecule has 1 N–H and O–H groups in total. The smallest absolute Gasteiger partial charge is 0.358 e. The predicted octanol–water partition coefficient (Wildman–Crippen LogP) is 0.642. The van der Waals surface area contributed by atoms with Crippen LogP contribution in [0.4, 0.5) is 0 Å². The second-order valence-corrected chi connectivity index (χ2v) is 3.33. The first-order valence-corrected chi connectivity index (χ1v) is 5.51. The second kappa shape index (κ2) is 7.56. The van der Waals surface area contributed by atoms with E-state index in [9.17, 15) is 4.79 Å². The monoisotopic (exact) mass is 239 g/mol. The minimum atomic E-state index is -0.521. The number of methoxy groups -OCH3 is 1. The molecular formula is C11H17N3O3. The second-order valence-electron chi connectivity index (χ2n) is 3.33. The molecule has 6 nitrogen and oxygen atoms in total. The minimum Gasteiger partial charge on any atom is -0.475 e. The van der Waals surface area contributed by atoms with Crippen LogP contribution in [0.3, 0.4) is 0 Å². The van der Waals surface area contributed by atoms with Gasteiger partial charge in [-0.3, -0.25) is 4.98 Å². The number of hydrogen-bond donors (Lipinski definition) is 1. The molecule has 0 aliphatic rings.